The zero-order valence-electron chi connectivity index (χ0n) is 21.1. The smallest absolute Gasteiger partial charge is 0.338 e. The number of allylic oxidation sites excluding steroid dienone is 3. The number of hydrogen-bond acceptors (Lipinski definition) is 6. The summed E-state index contributed by atoms with van der Waals surface area (Å²) in [5.74, 6) is -0.0144. The summed E-state index contributed by atoms with van der Waals surface area (Å²) < 4.78 is 5.39. The third-order valence-electron chi connectivity index (χ3n) is 6.66. The molecule has 2 aliphatic rings. The molecule has 7 heteroatoms. The third-order valence-corrected chi connectivity index (χ3v) is 6.66. The van der Waals surface area contributed by atoms with Gasteiger partial charge < -0.3 is 19.6 Å². The number of hydrogen-bond donors (Lipinski definition) is 1. The molecule has 1 fully saturated rings. The number of fused-ring (bicyclic) bond motifs is 1. The normalized spacial score (nSPS) is 20.4. The van der Waals surface area contributed by atoms with E-state index in [1.807, 2.05) is 29.2 Å². The van der Waals surface area contributed by atoms with Crippen LogP contribution >= 0.6 is 0 Å². The summed E-state index contributed by atoms with van der Waals surface area (Å²) in [5.41, 5.74) is 2.83. The lowest BCUT2D eigenvalue weighted by atomic mass is 9.89. The summed E-state index contributed by atoms with van der Waals surface area (Å²) in [4.78, 5) is 32.7. The number of oxime groups is 1. The van der Waals surface area contributed by atoms with Gasteiger partial charge in [0.05, 0.1) is 17.9 Å². The minimum Gasteiger partial charge on any atom is -0.508 e. The van der Waals surface area contributed by atoms with Crippen LogP contribution in [0, 0.1) is 0 Å². The van der Waals surface area contributed by atoms with Crippen LogP contribution in [0.25, 0.3) is 0 Å². The van der Waals surface area contributed by atoms with Gasteiger partial charge in [-0.05, 0) is 73.4 Å². The molecule has 2 aromatic rings. The van der Waals surface area contributed by atoms with Crippen LogP contribution in [-0.4, -0.2) is 53.9 Å². The Kier molecular flexibility index (Phi) is 9.52. The average Bonchev–Trinajstić information content (AvgIpc) is 2.92. The summed E-state index contributed by atoms with van der Waals surface area (Å²) in [7, 11) is 0. The fourth-order valence-corrected chi connectivity index (χ4v) is 4.64. The maximum absolute atomic E-state index is 12.8. The minimum atomic E-state index is -0.446. The Balaban J connectivity index is 1.40. The molecule has 0 bridgehead atoms. The first kappa shape index (κ1) is 26.2. The van der Waals surface area contributed by atoms with Gasteiger partial charge in [-0.2, -0.15) is 0 Å². The second kappa shape index (κ2) is 13.4. The Morgan fingerprint density at radius 2 is 1.78 bits per heavy atom. The van der Waals surface area contributed by atoms with Crippen molar-refractivity contribution in [3.05, 3.63) is 89.5 Å². The molecule has 2 aliphatic heterocycles. The van der Waals surface area contributed by atoms with E-state index in [1.165, 1.54) is 17.7 Å². The van der Waals surface area contributed by atoms with Crippen molar-refractivity contribution >= 4 is 17.6 Å². The van der Waals surface area contributed by atoms with Crippen LogP contribution in [0.2, 0.25) is 0 Å². The van der Waals surface area contributed by atoms with E-state index in [4.69, 9.17) is 9.57 Å². The molecule has 1 amide bonds. The highest BCUT2D eigenvalue weighted by molar-refractivity contribution is 5.99. The Labute approximate surface area is 218 Å². The number of phenolic OH excluding ortho intramolecular Hbond substituents is 1. The number of amides is 1. The predicted molar refractivity (Wildman–Crippen MR) is 143 cm³/mol. The molecule has 1 saturated heterocycles. The van der Waals surface area contributed by atoms with Crippen LogP contribution in [-0.2, 0) is 20.8 Å². The van der Waals surface area contributed by atoms with Gasteiger partial charge >= 0.3 is 5.97 Å². The van der Waals surface area contributed by atoms with E-state index in [0.29, 0.717) is 48.9 Å². The summed E-state index contributed by atoms with van der Waals surface area (Å²) >= 11 is 0. The molecule has 7 nitrogen and oxygen atoms in total. The number of nitrogens with zero attached hydrogens (tertiary/aromatic N) is 2. The topological polar surface area (TPSA) is 88.4 Å². The van der Waals surface area contributed by atoms with Gasteiger partial charge in [0.1, 0.15) is 5.75 Å². The molecule has 2 heterocycles. The summed E-state index contributed by atoms with van der Waals surface area (Å²) in [5, 5.41) is 14.3. The van der Waals surface area contributed by atoms with Gasteiger partial charge in [-0.15, -0.1) is 0 Å². The van der Waals surface area contributed by atoms with Crippen LogP contribution in [0.15, 0.2) is 78.0 Å². The van der Waals surface area contributed by atoms with Crippen molar-refractivity contribution in [3.63, 3.8) is 0 Å². The summed E-state index contributed by atoms with van der Waals surface area (Å²) in [6.45, 7) is 1.53. The Morgan fingerprint density at radius 3 is 2.59 bits per heavy atom. The van der Waals surface area contributed by atoms with Crippen molar-refractivity contribution in [2.45, 2.75) is 44.4 Å². The summed E-state index contributed by atoms with van der Waals surface area (Å²) in [6, 6.07) is 15.0. The third kappa shape index (κ3) is 7.81. The fourth-order valence-electron chi connectivity index (χ4n) is 4.64. The average molecular weight is 503 g/mol. The van der Waals surface area contributed by atoms with Gasteiger partial charge in [0, 0.05) is 19.5 Å². The highest BCUT2D eigenvalue weighted by atomic mass is 16.6. The molecule has 4 rings (SSSR count). The first-order chi connectivity index (χ1) is 18.1. The van der Waals surface area contributed by atoms with E-state index in [-0.39, 0.29) is 24.7 Å². The quantitative estimate of drug-likeness (QED) is 0.354. The second-order valence-corrected chi connectivity index (χ2v) is 9.32. The Bertz CT molecular complexity index is 1150. The lowest BCUT2D eigenvalue weighted by molar-refractivity contribution is -0.137. The van der Waals surface area contributed by atoms with E-state index in [1.54, 1.807) is 6.07 Å². The number of carbonyl (C=O) groups is 2. The predicted octanol–water partition coefficient (Wildman–Crippen LogP) is 5.17. The first-order valence-electron chi connectivity index (χ1n) is 12.9. The van der Waals surface area contributed by atoms with Crippen molar-refractivity contribution < 1.29 is 24.3 Å². The number of phenols is 1. The number of ether oxygens (including phenoxy) is 1. The van der Waals surface area contributed by atoms with E-state index >= 15 is 0 Å². The van der Waals surface area contributed by atoms with Gasteiger partial charge in [0.25, 0.3) is 5.91 Å². The van der Waals surface area contributed by atoms with Crippen molar-refractivity contribution in [1.82, 2.24) is 4.90 Å². The highest BCUT2D eigenvalue weighted by Crippen LogP contribution is 2.27. The molecule has 37 heavy (non-hydrogen) atoms. The molecule has 0 unspecified atom stereocenters. The number of likely N-dealkylation sites (tertiary alicyclic amines) is 1. The van der Waals surface area contributed by atoms with E-state index in [2.05, 4.69) is 35.5 Å². The van der Waals surface area contributed by atoms with Crippen LogP contribution in [0.3, 0.4) is 0 Å². The van der Waals surface area contributed by atoms with E-state index < -0.39 is 5.97 Å². The number of aromatic hydroxyl groups is 1. The summed E-state index contributed by atoms with van der Waals surface area (Å²) in [6.07, 6.45) is 12.3. The standard InChI is InChI=1S/C30H34N2O5/c33-27-13-14-28-25(21-27)20-26(12-8-3-1-2-4-9-19-36-30(28)35)31-37-22-29(34)32-17-15-24(16-18-32)23-10-6-5-7-11-23/h2,4-8,10-14,21,24,33H,1,3,9,15-20,22H2/b4-2+,12-8+,31-26-. The molecule has 194 valence electrons. The van der Waals surface area contributed by atoms with E-state index in [0.717, 1.165) is 25.7 Å². The number of rotatable bonds is 4. The van der Waals surface area contributed by atoms with Crippen LogP contribution < -0.4 is 0 Å². The monoisotopic (exact) mass is 502 g/mol. The number of cyclic esters (lactones) is 1. The lowest BCUT2D eigenvalue weighted by Crippen LogP contribution is -2.39. The Morgan fingerprint density at radius 1 is 1.03 bits per heavy atom. The maximum atomic E-state index is 12.8. The fraction of sp³-hybridized carbons (Fsp3) is 0.367. The molecule has 0 spiro atoms. The number of benzene rings is 2. The number of piperidine rings is 1. The maximum Gasteiger partial charge on any atom is 0.338 e. The van der Waals surface area contributed by atoms with E-state index in [9.17, 15) is 14.7 Å². The molecule has 2 aromatic carbocycles. The largest absolute Gasteiger partial charge is 0.508 e. The van der Waals surface area contributed by atoms with Crippen molar-refractivity contribution in [2.75, 3.05) is 26.3 Å². The van der Waals surface area contributed by atoms with Gasteiger partial charge in [-0.1, -0.05) is 53.7 Å². The molecule has 1 N–H and O–H groups in total. The van der Waals surface area contributed by atoms with Gasteiger partial charge in [-0.25, -0.2) is 4.79 Å². The molecule has 0 atom stereocenters. The molecule has 0 aliphatic carbocycles. The SMILES string of the molecule is O=C1OCC/C=C/CC/C=C/C(=N/OCC(=O)N2CCC(c3ccccc3)CC2)Cc2cc(O)ccc21. The molecule has 0 radical (unpaired) electrons. The van der Waals surface area contributed by atoms with Gasteiger partial charge in [0.15, 0.2) is 6.61 Å². The number of esters is 1. The minimum absolute atomic E-state index is 0.0499. The molecular weight excluding hydrogens is 468 g/mol. The van der Waals surface area contributed by atoms with Crippen LogP contribution in [0.1, 0.15) is 59.5 Å². The number of carbonyl (C=O) groups excluding carboxylic acids is 2. The molecule has 0 aromatic heterocycles. The zero-order valence-corrected chi connectivity index (χ0v) is 21.1. The van der Waals surface area contributed by atoms with Gasteiger partial charge in [-0.3, -0.25) is 4.79 Å². The van der Waals surface area contributed by atoms with Gasteiger partial charge in [0.2, 0.25) is 0 Å². The molecular formula is C30H34N2O5. The first-order valence-corrected chi connectivity index (χ1v) is 12.9. The van der Waals surface area contributed by atoms with Crippen molar-refractivity contribution in [3.8, 4) is 5.75 Å². The molecule has 0 saturated carbocycles. The Hall–Kier alpha value is -3.87. The van der Waals surface area contributed by atoms with Crippen molar-refractivity contribution in [1.29, 1.82) is 0 Å². The second-order valence-electron chi connectivity index (χ2n) is 9.32. The highest BCUT2D eigenvalue weighted by Gasteiger charge is 2.24. The van der Waals surface area contributed by atoms with Crippen molar-refractivity contribution in [2.24, 2.45) is 5.16 Å². The zero-order chi connectivity index (χ0) is 25.9. The van der Waals surface area contributed by atoms with Crippen LogP contribution in [0.4, 0.5) is 0 Å². The van der Waals surface area contributed by atoms with Crippen LogP contribution in [0.5, 0.6) is 5.75 Å². The lowest BCUT2D eigenvalue weighted by Gasteiger charge is -2.32.